The average molecular weight is 303 g/mol. The van der Waals surface area contributed by atoms with Gasteiger partial charge in [-0.05, 0) is 28.1 Å². The molecule has 0 saturated carbocycles. The van der Waals surface area contributed by atoms with E-state index in [-0.39, 0.29) is 5.82 Å². The first kappa shape index (κ1) is 11.5. The number of hydrogen-bond donors (Lipinski definition) is 1. The highest BCUT2D eigenvalue weighted by Gasteiger charge is 2.09. The van der Waals surface area contributed by atoms with Crippen molar-refractivity contribution in [3.63, 3.8) is 0 Å². The maximum Gasteiger partial charge on any atom is 0.280 e. The summed E-state index contributed by atoms with van der Waals surface area (Å²) in [5.74, 6) is 0.0805. The molecule has 2 N–H and O–H groups in total. The van der Waals surface area contributed by atoms with Gasteiger partial charge in [-0.1, -0.05) is 17.4 Å². The first-order valence-corrected chi connectivity index (χ1v) is 6.08. The van der Waals surface area contributed by atoms with Gasteiger partial charge in [-0.25, -0.2) is 4.39 Å². The van der Waals surface area contributed by atoms with Gasteiger partial charge >= 0.3 is 0 Å². The van der Waals surface area contributed by atoms with Gasteiger partial charge in [0.1, 0.15) is 16.2 Å². The lowest BCUT2D eigenvalue weighted by Crippen LogP contribution is -1.92. The summed E-state index contributed by atoms with van der Waals surface area (Å²) in [7, 11) is 0. The predicted octanol–water partition coefficient (Wildman–Crippen LogP) is 3.30. The SMILES string of the molecule is NCc1sc(Oc2cccc(F)c2)nc1Br. The molecule has 0 radical (unpaired) electrons. The number of nitrogens with two attached hydrogens (primary N) is 1. The number of aromatic nitrogens is 1. The van der Waals surface area contributed by atoms with Crippen molar-refractivity contribution >= 4 is 27.3 Å². The van der Waals surface area contributed by atoms with Crippen LogP contribution in [0.5, 0.6) is 10.9 Å². The molecule has 0 fully saturated rings. The zero-order valence-electron chi connectivity index (χ0n) is 8.11. The molecule has 0 spiro atoms. The minimum Gasteiger partial charge on any atom is -0.431 e. The standard InChI is InChI=1S/C10H8BrFN2OS/c11-9-8(5-13)16-10(14-9)15-7-3-1-2-6(12)4-7/h1-4H,5,13H2. The number of rotatable bonds is 3. The van der Waals surface area contributed by atoms with Gasteiger partial charge < -0.3 is 10.5 Å². The largest absolute Gasteiger partial charge is 0.431 e. The molecule has 1 heterocycles. The quantitative estimate of drug-likeness (QED) is 0.946. The summed E-state index contributed by atoms with van der Waals surface area (Å²) in [5, 5.41) is 0.443. The summed E-state index contributed by atoms with van der Waals surface area (Å²) in [4.78, 5) is 5.01. The maximum absolute atomic E-state index is 12.9. The third-order valence-corrected chi connectivity index (χ3v) is 3.69. The number of ether oxygens (including phenoxy) is 1. The molecule has 1 aromatic heterocycles. The van der Waals surface area contributed by atoms with E-state index in [1.54, 1.807) is 12.1 Å². The van der Waals surface area contributed by atoms with E-state index in [4.69, 9.17) is 10.5 Å². The molecular formula is C10H8BrFN2OS. The van der Waals surface area contributed by atoms with Crippen molar-refractivity contribution in [1.29, 1.82) is 0 Å². The Balaban J connectivity index is 2.20. The van der Waals surface area contributed by atoms with Crippen molar-refractivity contribution in [2.75, 3.05) is 0 Å². The van der Waals surface area contributed by atoms with E-state index in [0.717, 1.165) is 4.88 Å². The Kier molecular flexibility index (Phi) is 3.52. The van der Waals surface area contributed by atoms with Gasteiger partial charge in [0, 0.05) is 12.6 Å². The molecule has 0 aliphatic carbocycles. The molecule has 0 atom stereocenters. The Morgan fingerprint density at radius 2 is 2.31 bits per heavy atom. The van der Waals surface area contributed by atoms with Crippen LogP contribution in [0.3, 0.4) is 0 Å². The lowest BCUT2D eigenvalue weighted by Gasteiger charge is -2.00. The molecule has 3 nitrogen and oxygen atoms in total. The molecule has 0 aliphatic heterocycles. The van der Waals surface area contributed by atoms with Crippen LogP contribution >= 0.6 is 27.3 Å². The third kappa shape index (κ3) is 2.58. The van der Waals surface area contributed by atoms with E-state index < -0.39 is 0 Å². The van der Waals surface area contributed by atoms with Crippen LogP contribution in [-0.2, 0) is 6.54 Å². The van der Waals surface area contributed by atoms with E-state index in [1.165, 1.54) is 23.5 Å². The first-order chi connectivity index (χ1) is 7.69. The molecule has 0 aliphatic rings. The van der Waals surface area contributed by atoms with Crippen molar-refractivity contribution < 1.29 is 9.13 Å². The zero-order valence-corrected chi connectivity index (χ0v) is 10.5. The highest BCUT2D eigenvalue weighted by Crippen LogP contribution is 2.31. The summed E-state index contributed by atoms with van der Waals surface area (Å²) in [6, 6.07) is 5.91. The number of benzene rings is 1. The Morgan fingerprint density at radius 1 is 1.50 bits per heavy atom. The van der Waals surface area contributed by atoms with E-state index in [2.05, 4.69) is 20.9 Å². The van der Waals surface area contributed by atoms with Crippen LogP contribution in [0.2, 0.25) is 0 Å². The van der Waals surface area contributed by atoms with Crippen LogP contribution in [0.15, 0.2) is 28.9 Å². The summed E-state index contributed by atoms with van der Waals surface area (Å²) in [5.41, 5.74) is 5.51. The number of hydrogen-bond acceptors (Lipinski definition) is 4. The highest BCUT2D eigenvalue weighted by atomic mass is 79.9. The molecule has 0 saturated heterocycles. The summed E-state index contributed by atoms with van der Waals surface area (Å²) < 4.78 is 19.0. The Morgan fingerprint density at radius 3 is 2.94 bits per heavy atom. The van der Waals surface area contributed by atoms with Crippen molar-refractivity contribution in [2.24, 2.45) is 5.73 Å². The molecule has 16 heavy (non-hydrogen) atoms. The fraction of sp³-hybridized carbons (Fsp3) is 0.100. The normalized spacial score (nSPS) is 10.4. The summed E-state index contributed by atoms with van der Waals surface area (Å²) in [6.45, 7) is 0.394. The van der Waals surface area contributed by atoms with E-state index in [1.807, 2.05) is 0 Å². The highest BCUT2D eigenvalue weighted by molar-refractivity contribution is 9.10. The van der Waals surface area contributed by atoms with Gasteiger partial charge in [-0.2, -0.15) is 4.98 Å². The van der Waals surface area contributed by atoms with Crippen LogP contribution < -0.4 is 10.5 Å². The van der Waals surface area contributed by atoms with Crippen molar-refractivity contribution in [3.8, 4) is 10.9 Å². The van der Waals surface area contributed by atoms with E-state index >= 15 is 0 Å². The van der Waals surface area contributed by atoms with Gasteiger partial charge in [-0.15, -0.1) is 0 Å². The Labute approximate surface area is 104 Å². The smallest absolute Gasteiger partial charge is 0.280 e. The van der Waals surface area contributed by atoms with Gasteiger partial charge in [0.25, 0.3) is 5.19 Å². The predicted molar refractivity (Wildman–Crippen MR) is 64.2 cm³/mol. The second kappa shape index (κ2) is 4.90. The van der Waals surface area contributed by atoms with E-state index in [9.17, 15) is 4.39 Å². The van der Waals surface area contributed by atoms with Gasteiger partial charge in [-0.3, -0.25) is 0 Å². The lowest BCUT2D eigenvalue weighted by atomic mass is 10.3. The Bertz CT molecular complexity index is 503. The molecule has 1 aromatic carbocycles. The second-order valence-corrected chi connectivity index (χ2v) is 4.75. The number of halogens is 2. The fourth-order valence-corrected chi connectivity index (χ4v) is 2.50. The molecule has 84 valence electrons. The number of thiazole rings is 1. The summed E-state index contributed by atoms with van der Waals surface area (Å²) in [6.07, 6.45) is 0. The van der Waals surface area contributed by atoms with Crippen LogP contribution in [0.4, 0.5) is 4.39 Å². The van der Waals surface area contributed by atoms with Gasteiger partial charge in [0.15, 0.2) is 0 Å². The minimum atomic E-state index is -0.341. The lowest BCUT2D eigenvalue weighted by molar-refractivity contribution is 0.472. The van der Waals surface area contributed by atoms with Gasteiger partial charge in [0.2, 0.25) is 0 Å². The van der Waals surface area contributed by atoms with Crippen LogP contribution in [0.1, 0.15) is 4.88 Å². The van der Waals surface area contributed by atoms with E-state index in [0.29, 0.717) is 22.1 Å². The second-order valence-electron chi connectivity index (χ2n) is 2.96. The molecule has 0 amide bonds. The average Bonchev–Trinajstić information content (AvgIpc) is 2.58. The van der Waals surface area contributed by atoms with Crippen LogP contribution in [-0.4, -0.2) is 4.98 Å². The first-order valence-electron chi connectivity index (χ1n) is 4.47. The van der Waals surface area contributed by atoms with Crippen molar-refractivity contribution in [2.45, 2.75) is 6.54 Å². The molecule has 6 heteroatoms. The molecule has 2 rings (SSSR count). The summed E-state index contributed by atoms with van der Waals surface area (Å²) >= 11 is 4.60. The molecule has 0 bridgehead atoms. The topological polar surface area (TPSA) is 48.1 Å². The fourth-order valence-electron chi connectivity index (χ4n) is 1.11. The molecular weight excluding hydrogens is 295 g/mol. The van der Waals surface area contributed by atoms with Crippen LogP contribution in [0.25, 0.3) is 0 Å². The molecule has 2 aromatic rings. The van der Waals surface area contributed by atoms with Gasteiger partial charge in [0.05, 0.1) is 4.88 Å². The third-order valence-electron chi connectivity index (χ3n) is 1.82. The monoisotopic (exact) mass is 302 g/mol. The zero-order chi connectivity index (χ0) is 11.5. The van der Waals surface area contributed by atoms with Crippen LogP contribution in [0, 0.1) is 5.82 Å². The van der Waals surface area contributed by atoms with Crippen molar-refractivity contribution in [1.82, 2.24) is 4.98 Å². The Hall–Kier alpha value is -0.980. The maximum atomic E-state index is 12.9. The van der Waals surface area contributed by atoms with Crippen molar-refractivity contribution in [3.05, 3.63) is 39.6 Å². The number of nitrogens with zero attached hydrogens (tertiary/aromatic N) is 1. The molecule has 0 unspecified atom stereocenters. The minimum absolute atomic E-state index is 0.341.